The summed E-state index contributed by atoms with van der Waals surface area (Å²) in [6.45, 7) is 1.05. The highest BCUT2D eigenvalue weighted by Crippen LogP contribution is 2.20. The number of non-ortho nitro benzene ring substituents is 1. The van der Waals surface area contributed by atoms with Crippen molar-refractivity contribution >= 4 is 28.9 Å². The van der Waals surface area contributed by atoms with Gasteiger partial charge in [-0.1, -0.05) is 6.07 Å². The van der Waals surface area contributed by atoms with E-state index in [4.69, 9.17) is 0 Å². The first-order valence-electron chi connectivity index (χ1n) is 8.82. The first kappa shape index (κ1) is 20.4. The number of anilines is 2. The van der Waals surface area contributed by atoms with Crippen molar-refractivity contribution in [1.82, 2.24) is 9.78 Å². The molecule has 1 aromatic heterocycles. The van der Waals surface area contributed by atoms with Gasteiger partial charge in [0.05, 0.1) is 10.6 Å². The highest BCUT2D eigenvalue weighted by Gasteiger charge is 2.10. The maximum absolute atomic E-state index is 12.4. The van der Waals surface area contributed by atoms with E-state index in [2.05, 4.69) is 15.7 Å². The van der Waals surface area contributed by atoms with Gasteiger partial charge in [-0.25, -0.2) is 4.68 Å². The summed E-state index contributed by atoms with van der Waals surface area (Å²) in [7, 11) is 0. The van der Waals surface area contributed by atoms with Crippen molar-refractivity contribution in [2.24, 2.45) is 0 Å². The van der Waals surface area contributed by atoms with Gasteiger partial charge in [-0.3, -0.25) is 24.5 Å². The first-order valence-corrected chi connectivity index (χ1v) is 8.82. The van der Waals surface area contributed by atoms with Crippen LogP contribution in [0.1, 0.15) is 6.92 Å². The molecule has 0 aliphatic heterocycles. The Morgan fingerprint density at radius 1 is 1.03 bits per heavy atom. The molecule has 0 atom stereocenters. The fourth-order valence-corrected chi connectivity index (χ4v) is 2.68. The Morgan fingerprint density at radius 3 is 2.33 bits per heavy atom. The normalized spacial score (nSPS) is 10.3. The Bertz CT molecular complexity index is 1170. The Kier molecular flexibility index (Phi) is 5.97. The predicted molar refractivity (Wildman–Crippen MR) is 110 cm³/mol. The molecule has 0 radical (unpaired) electrons. The Hall–Kier alpha value is -4.34. The molecule has 30 heavy (non-hydrogen) atoms. The quantitative estimate of drug-likeness (QED) is 0.476. The van der Waals surface area contributed by atoms with E-state index >= 15 is 0 Å². The van der Waals surface area contributed by atoms with Crippen LogP contribution in [0.2, 0.25) is 0 Å². The van der Waals surface area contributed by atoms with E-state index < -0.39 is 16.4 Å². The number of rotatable bonds is 6. The zero-order valence-corrected chi connectivity index (χ0v) is 15.9. The molecule has 10 heteroatoms. The van der Waals surface area contributed by atoms with E-state index in [0.29, 0.717) is 22.6 Å². The molecular formula is C20H17N5O5. The van der Waals surface area contributed by atoms with Crippen molar-refractivity contribution in [3.63, 3.8) is 0 Å². The predicted octanol–water partition coefficient (Wildman–Crippen LogP) is 2.42. The van der Waals surface area contributed by atoms with Crippen LogP contribution < -0.4 is 16.2 Å². The lowest BCUT2D eigenvalue weighted by atomic mass is 10.1. The average molecular weight is 407 g/mol. The maximum Gasteiger partial charge on any atom is 0.269 e. The van der Waals surface area contributed by atoms with Gasteiger partial charge in [-0.05, 0) is 36.4 Å². The minimum absolute atomic E-state index is 0.0621. The van der Waals surface area contributed by atoms with Crippen molar-refractivity contribution in [3.05, 3.63) is 81.1 Å². The summed E-state index contributed by atoms with van der Waals surface area (Å²) in [5, 5.41) is 20.2. The van der Waals surface area contributed by atoms with Gasteiger partial charge in [-0.15, -0.1) is 0 Å². The minimum Gasteiger partial charge on any atom is -0.326 e. The molecule has 2 aromatic carbocycles. The van der Waals surface area contributed by atoms with Gasteiger partial charge in [0.25, 0.3) is 11.2 Å². The van der Waals surface area contributed by atoms with E-state index in [1.165, 1.54) is 43.3 Å². The van der Waals surface area contributed by atoms with Gasteiger partial charge in [0, 0.05) is 42.1 Å². The van der Waals surface area contributed by atoms with E-state index in [1.54, 1.807) is 24.3 Å². The van der Waals surface area contributed by atoms with Crippen LogP contribution >= 0.6 is 0 Å². The average Bonchev–Trinajstić information content (AvgIpc) is 2.69. The molecule has 3 aromatic rings. The van der Waals surface area contributed by atoms with Gasteiger partial charge in [0.2, 0.25) is 11.8 Å². The molecular weight excluding hydrogens is 390 g/mol. The lowest BCUT2D eigenvalue weighted by Gasteiger charge is -2.09. The molecule has 0 aliphatic rings. The number of nitro groups is 1. The van der Waals surface area contributed by atoms with Crippen molar-refractivity contribution in [1.29, 1.82) is 0 Å². The number of hydrogen-bond acceptors (Lipinski definition) is 6. The third-order valence-corrected chi connectivity index (χ3v) is 4.00. The van der Waals surface area contributed by atoms with Crippen molar-refractivity contribution in [3.8, 4) is 11.3 Å². The number of aromatic nitrogens is 2. The summed E-state index contributed by atoms with van der Waals surface area (Å²) in [4.78, 5) is 45.9. The molecule has 0 spiro atoms. The Balaban J connectivity index is 1.75. The van der Waals surface area contributed by atoms with Crippen LogP contribution in [0.5, 0.6) is 0 Å². The number of hydrogen-bond donors (Lipinski definition) is 2. The van der Waals surface area contributed by atoms with E-state index in [-0.39, 0.29) is 18.1 Å². The third-order valence-electron chi connectivity index (χ3n) is 4.00. The molecule has 0 bridgehead atoms. The highest BCUT2D eigenvalue weighted by molar-refractivity contribution is 5.93. The second kappa shape index (κ2) is 8.78. The lowest BCUT2D eigenvalue weighted by molar-refractivity contribution is -0.384. The Morgan fingerprint density at radius 2 is 1.70 bits per heavy atom. The van der Waals surface area contributed by atoms with Crippen LogP contribution in [0, 0.1) is 10.1 Å². The molecule has 3 rings (SSSR count). The van der Waals surface area contributed by atoms with Gasteiger partial charge >= 0.3 is 0 Å². The van der Waals surface area contributed by atoms with Crippen LogP contribution in [0.3, 0.4) is 0 Å². The van der Waals surface area contributed by atoms with Crippen LogP contribution in [0.15, 0.2) is 65.5 Å². The SMILES string of the molecule is CC(=O)Nc1cccc(NC(=O)Cn2nc(-c3ccc([N+](=O)[O-])cc3)ccc2=O)c1. The third kappa shape index (κ3) is 5.13. The molecule has 0 aliphatic carbocycles. The van der Waals surface area contributed by atoms with Crippen LogP contribution in [0.25, 0.3) is 11.3 Å². The first-order chi connectivity index (χ1) is 14.3. The maximum atomic E-state index is 12.4. The number of carbonyl (C=O) groups is 2. The number of benzene rings is 2. The summed E-state index contributed by atoms with van der Waals surface area (Å²) in [6, 6.07) is 15.0. The minimum atomic E-state index is -0.511. The Labute approximate surface area is 170 Å². The van der Waals surface area contributed by atoms with Crippen LogP contribution in [-0.4, -0.2) is 26.5 Å². The zero-order valence-electron chi connectivity index (χ0n) is 15.9. The van der Waals surface area contributed by atoms with Gasteiger partial charge < -0.3 is 10.6 Å². The highest BCUT2D eigenvalue weighted by atomic mass is 16.6. The van der Waals surface area contributed by atoms with E-state index in [0.717, 1.165) is 4.68 Å². The fourth-order valence-electron chi connectivity index (χ4n) is 2.68. The smallest absolute Gasteiger partial charge is 0.269 e. The standard InChI is InChI=1S/C20H17N5O5/c1-13(26)21-15-3-2-4-16(11-15)22-19(27)12-24-20(28)10-9-18(23-24)14-5-7-17(8-6-14)25(29)30/h2-11H,12H2,1H3,(H,21,26)(H,22,27). The summed E-state index contributed by atoms with van der Waals surface area (Å²) in [6.07, 6.45) is 0. The van der Waals surface area contributed by atoms with Gasteiger partial charge in [0.15, 0.2) is 0 Å². The number of nitro benzene ring substituents is 1. The zero-order chi connectivity index (χ0) is 21.7. The number of carbonyl (C=O) groups excluding carboxylic acids is 2. The second-order valence-corrected chi connectivity index (χ2v) is 6.33. The monoisotopic (exact) mass is 407 g/mol. The molecule has 152 valence electrons. The molecule has 2 amide bonds. The van der Waals surface area contributed by atoms with Gasteiger partial charge in [0.1, 0.15) is 6.54 Å². The summed E-state index contributed by atoms with van der Waals surface area (Å²) >= 11 is 0. The molecule has 0 unspecified atom stereocenters. The van der Waals surface area contributed by atoms with Crippen molar-refractivity contribution in [2.45, 2.75) is 13.5 Å². The second-order valence-electron chi connectivity index (χ2n) is 6.33. The molecule has 1 heterocycles. The molecule has 0 fully saturated rings. The topological polar surface area (TPSA) is 136 Å². The number of nitrogens with one attached hydrogen (secondary N) is 2. The molecule has 2 N–H and O–H groups in total. The summed E-state index contributed by atoms with van der Waals surface area (Å²) < 4.78 is 1.00. The summed E-state index contributed by atoms with van der Waals surface area (Å²) in [5.41, 5.74) is 1.40. The number of nitrogens with zero attached hydrogens (tertiary/aromatic N) is 3. The largest absolute Gasteiger partial charge is 0.326 e. The fraction of sp³-hybridized carbons (Fsp3) is 0.100. The number of amides is 2. The van der Waals surface area contributed by atoms with Crippen LogP contribution in [-0.2, 0) is 16.1 Å². The van der Waals surface area contributed by atoms with E-state index in [1.807, 2.05) is 0 Å². The molecule has 10 nitrogen and oxygen atoms in total. The molecule has 0 saturated heterocycles. The van der Waals surface area contributed by atoms with Crippen molar-refractivity contribution in [2.75, 3.05) is 10.6 Å². The van der Waals surface area contributed by atoms with Crippen LogP contribution in [0.4, 0.5) is 17.1 Å². The van der Waals surface area contributed by atoms with Gasteiger partial charge in [-0.2, -0.15) is 5.10 Å². The van der Waals surface area contributed by atoms with E-state index in [9.17, 15) is 24.5 Å². The van der Waals surface area contributed by atoms with Crippen molar-refractivity contribution < 1.29 is 14.5 Å². The summed E-state index contributed by atoms with van der Waals surface area (Å²) in [5.74, 6) is -0.720. The lowest BCUT2D eigenvalue weighted by Crippen LogP contribution is -2.29. The molecule has 0 saturated carbocycles.